The highest BCUT2D eigenvalue weighted by Crippen LogP contribution is 2.37. The summed E-state index contributed by atoms with van der Waals surface area (Å²) in [7, 11) is 0. The third-order valence-electron chi connectivity index (χ3n) is 3.00. The molecule has 0 aliphatic carbocycles. The highest BCUT2D eigenvalue weighted by molar-refractivity contribution is 9.10. The molecule has 0 aliphatic rings. The molecule has 2 aromatic carbocycles. The molecule has 6 heteroatoms. The van der Waals surface area contributed by atoms with Crippen LogP contribution in [0.2, 0.25) is 0 Å². The first-order valence-electron chi connectivity index (χ1n) is 6.12. The maximum atomic E-state index is 10.8. The molecule has 0 bridgehead atoms. The summed E-state index contributed by atoms with van der Waals surface area (Å²) in [6, 6.07) is 15.8. The quantitative estimate of drug-likeness (QED) is 0.511. The zero-order chi connectivity index (χ0) is 14.8. The van der Waals surface area contributed by atoms with Crippen molar-refractivity contribution in [2.75, 3.05) is 0 Å². The van der Waals surface area contributed by atoms with Crippen LogP contribution in [-0.2, 0) is 0 Å². The molecular formula is C15H9BrN2O3. The van der Waals surface area contributed by atoms with Crippen molar-refractivity contribution in [3.63, 3.8) is 0 Å². The Balaban J connectivity index is 2.07. The first kappa shape index (κ1) is 13.5. The van der Waals surface area contributed by atoms with Crippen LogP contribution < -0.4 is 0 Å². The Hall–Kier alpha value is -2.47. The number of nitro benzene ring substituents is 1. The van der Waals surface area contributed by atoms with Crippen LogP contribution in [0.1, 0.15) is 0 Å². The first-order valence-corrected chi connectivity index (χ1v) is 6.91. The molecular weight excluding hydrogens is 336 g/mol. The standard InChI is InChI=1S/C15H9BrN2O3/c16-13-14(11-7-4-8-12(9-11)18(19)20)17-21-15(13)10-5-2-1-3-6-10/h1-9H. The van der Waals surface area contributed by atoms with Gasteiger partial charge in [-0.15, -0.1) is 0 Å². The van der Waals surface area contributed by atoms with Gasteiger partial charge in [0, 0.05) is 23.3 Å². The van der Waals surface area contributed by atoms with Crippen molar-refractivity contribution in [1.29, 1.82) is 0 Å². The second-order valence-electron chi connectivity index (χ2n) is 4.35. The van der Waals surface area contributed by atoms with Gasteiger partial charge in [-0.05, 0) is 15.9 Å². The predicted octanol–water partition coefficient (Wildman–Crippen LogP) is 4.68. The molecule has 104 valence electrons. The Kier molecular flexibility index (Phi) is 3.53. The lowest BCUT2D eigenvalue weighted by molar-refractivity contribution is -0.384. The van der Waals surface area contributed by atoms with Crippen LogP contribution in [0.25, 0.3) is 22.6 Å². The number of non-ortho nitro benzene ring substituents is 1. The van der Waals surface area contributed by atoms with Crippen LogP contribution in [0.4, 0.5) is 5.69 Å². The van der Waals surface area contributed by atoms with E-state index in [1.165, 1.54) is 12.1 Å². The van der Waals surface area contributed by atoms with Crippen molar-refractivity contribution >= 4 is 21.6 Å². The van der Waals surface area contributed by atoms with Gasteiger partial charge in [-0.1, -0.05) is 47.6 Å². The van der Waals surface area contributed by atoms with E-state index in [1.54, 1.807) is 12.1 Å². The number of rotatable bonds is 3. The molecule has 0 N–H and O–H groups in total. The molecule has 1 heterocycles. The number of hydrogen-bond donors (Lipinski definition) is 0. The number of nitro groups is 1. The fourth-order valence-corrected chi connectivity index (χ4v) is 2.60. The lowest BCUT2D eigenvalue weighted by Gasteiger charge is -1.98. The molecule has 0 atom stereocenters. The average Bonchev–Trinajstić information content (AvgIpc) is 2.90. The topological polar surface area (TPSA) is 69.2 Å². The van der Waals surface area contributed by atoms with Crippen LogP contribution in [0, 0.1) is 10.1 Å². The number of nitrogens with zero attached hydrogens (tertiary/aromatic N) is 2. The van der Waals surface area contributed by atoms with Gasteiger partial charge < -0.3 is 4.52 Å². The Morgan fingerprint density at radius 2 is 1.76 bits per heavy atom. The van der Waals surface area contributed by atoms with Crippen LogP contribution >= 0.6 is 15.9 Å². The summed E-state index contributed by atoms with van der Waals surface area (Å²) in [5, 5.41) is 14.9. The molecule has 0 spiro atoms. The van der Waals surface area contributed by atoms with Gasteiger partial charge in [0.15, 0.2) is 5.76 Å². The van der Waals surface area contributed by atoms with E-state index >= 15 is 0 Å². The summed E-state index contributed by atoms with van der Waals surface area (Å²) in [6.07, 6.45) is 0. The van der Waals surface area contributed by atoms with Gasteiger partial charge in [-0.25, -0.2) is 0 Å². The van der Waals surface area contributed by atoms with Crippen LogP contribution in [0.5, 0.6) is 0 Å². The van der Waals surface area contributed by atoms with E-state index in [2.05, 4.69) is 21.1 Å². The molecule has 0 unspecified atom stereocenters. The minimum Gasteiger partial charge on any atom is -0.354 e. The van der Waals surface area contributed by atoms with Gasteiger partial charge in [-0.2, -0.15) is 0 Å². The average molecular weight is 345 g/mol. The SMILES string of the molecule is O=[N+]([O-])c1cccc(-c2noc(-c3ccccc3)c2Br)c1. The molecule has 21 heavy (non-hydrogen) atoms. The molecule has 5 nitrogen and oxygen atoms in total. The van der Waals surface area contributed by atoms with E-state index in [1.807, 2.05) is 30.3 Å². The number of benzene rings is 2. The molecule has 1 aromatic heterocycles. The smallest absolute Gasteiger partial charge is 0.270 e. The summed E-state index contributed by atoms with van der Waals surface area (Å²) in [4.78, 5) is 10.4. The first-order chi connectivity index (χ1) is 10.2. The highest BCUT2D eigenvalue weighted by atomic mass is 79.9. The van der Waals surface area contributed by atoms with E-state index in [9.17, 15) is 10.1 Å². The summed E-state index contributed by atoms with van der Waals surface area (Å²) >= 11 is 3.46. The van der Waals surface area contributed by atoms with Gasteiger partial charge in [0.25, 0.3) is 5.69 Å². The van der Waals surface area contributed by atoms with Crippen LogP contribution in [0.15, 0.2) is 63.6 Å². The Morgan fingerprint density at radius 3 is 2.48 bits per heavy atom. The minimum absolute atomic E-state index is 0.0173. The summed E-state index contributed by atoms with van der Waals surface area (Å²) < 4.78 is 6.04. The molecule has 0 saturated heterocycles. The Labute approximate surface area is 128 Å². The third kappa shape index (κ3) is 2.57. The van der Waals surface area contributed by atoms with Crippen molar-refractivity contribution in [1.82, 2.24) is 5.16 Å². The van der Waals surface area contributed by atoms with E-state index in [0.717, 1.165) is 5.56 Å². The van der Waals surface area contributed by atoms with Gasteiger partial charge >= 0.3 is 0 Å². The van der Waals surface area contributed by atoms with Gasteiger partial charge in [0.2, 0.25) is 0 Å². The third-order valence-corrected chi connectivity index (χ3v) is 3.74. The van der Waals surface area contributed by atoms with Crippen molar-refractivity contribution in [3.8, 4) is 22.6 Å². The molecule has 3 aromatic rings. The molecule has 0 radical (unpaired) electrons. The maximum absolute atomic E-state index is 10.8. The van der Waals surface area contributed by atoms with Crippen LogP contribution in [-0.4, -0.2) is 10.1 Å². The second-order valence-corrected chi connectivity index (χ2v) is 5.14. The van der Waals surface area contributed by atoms with Crippen molar-refractivity contribution in [2.45, 2.75) is 0 Å². The summed E-state index contributed by atoms with van der Waals surface area (Å²) in [6.45, 7) is 0. The van der Waals surface area contributed by atoms with Crippen LogP contribution in [0.3, 0.4) is 0 Å². The molecule has 3 rings (SSSR count). The molecule has 0 fully saturated rings. The van der Waals surface area contributed by atoms with Gasteiger partial charge in [0.1, 0.15) is 5.69 Å². The largest absolute Gasteiger partial charge is 0.354 e. The molecule has 0 saturated carbocycles. The number of aromatic nitrogens is 1. The maximum Gasteiger partial charge on any atom is 0.270 e. The van der Waals surface area contributed by atoms with Crippen molar-refractivity contribution in [3.05, 3.63) is 69.2 Å². The zero-order valence-electron chi connectivity index (χ0n) is 10.7. The summed E-state index contributed by atoms with van der Waals surface area (Å²) in [5.41, 5.74) is 2.07. The van der Waals surface area contributed by atoms with Gasteiger partial charge in [-0.3, -0.25) is 10.1 Å². The monoisotopic (exact) mass is 344 g/mol. The fraction of sp³-hybridized carbons (Fsp3) is 0. The lowest BCUT2D eigenvalue weighted by atomic mass is 10.1. The van der Waals surface area contributed by atoms with E-state index < -0.39 is 4.92 Å². The second kappa shape index (κ2) is 5.49. The van der Waals surface area contributed by atoms with E-state index in [4.69, 9.17) is 4.52 Å². The fourth-order valence-electron chi connectivity index (χ4n) is 1.99. The van der Waals surface area contributed by atoms with Crippen molar-refractivity contribution in [2.24, 2.45) is 0 Å². The highest BCUT2D eigenvalue weighted by Gasteiger charge is 2.18. The molecule has 0 aliphatic heterocycles. The van der Waals surface area contributed by atoms with E-state index in [-0.39, 0.29) is 5.69 Å². The normalized spacial score (nSPS) is 10.5. The number of hydrogen-bond acceptors (Lipinski definition) is 4. The minimum atomic E-state index is -0.435. The van der Waals surface area contributed by atoms with E-state index in [0.29, 0.717) is 21.5 Å². The predicted molar refractivity (Wildman–Crippen MR) is 81.7 cm³/mol. The Morgan fingerprint density at radius 1 is 1.05 bits per heavy atom. The molecule has 0 amide bonds. The Bertz CT molecular complexity index is 800. The zero-order valence-corrected chi connectivity index (χ0v) is 12.3. The van der Waals surface area contributed by atoms with Crippen molar-refractivity contribution < 1.29 is 9.45 Å². The van der Waals surface area contributed by atoms with Gasteiger partial charge in [0.05, 0.1) is 9.40 Å². The number of halogens is 1. The summed E-state index contributed by atoms with van der Waals surface area (Å²) in [5.74, 6) is 0.595. The lowest BCUT2D eigenvalue weighted by Crippen LogP contribution is -1.88.